The number of benzene rings is 1. The van der Waals surface area contributed by atoms with Gasteiger partial charge in [0.25, 0.3) is 0 Å². The molecule has 5 nitrogen and oxygen atoms in total. The van der Waals surface area contributed by atoms with Crippen LogP contribution in [-0.4, -0.2) is 36.7 Å². The van der Waals surface area contributed by atoms with E-state index in [9.17, 15) is 9.59 Å². The number of esters is 1. The standard InChI is InChI=1S/C17H16BrNO4/c1-2-22-16(21)13-12-7-8-17(23-12)9-19(15(20)14(13)17)11-6-4-3-5-10(11)18/h3-8,12-14H,2,9H2,1H3/t12-,13+,14-,17+/m0/s1. The minimum atomic E-state index is -0.714. The van der Waals surface area contributed by atoms with Gasteiger partial charge in [0.05, 0.1) is 30.9 Å². The predicted molar refractivity (Wildman–Crippen MR) is 86.9 cm³/mol. The highest BCUT2D eigenvalue weighted by molar-refractivity contribution is 9.10. The van der Waals surface area contributed by atoms with Gasteiger partial charge in [0.1, 0.15) is 11.5 Å². The molecule has 0 aromatic heterocycles. The molecular weight excluding hydrogens is 362 g/mol. The third kappa shape index (κ3) is 2.01. The third-order valence-electron chi connectivity index (χ3n) is 4.80. The van der Waals surface area contributed by atoms with E-state index in [0.29, 0.717) is 13.2 Å². The topological polar surface area (TPSA) is 55.8 Å². The van der Waals surface area contributed by atoms with Crippen LogP contribution in [0.15, 0.2) is 40.9 Å². The van der Waals surface area contributed by atoms with E-state index in [-0.39, 0.29) is 18.0 Å². The van der Waals surface area contributed by atoms with Crippen molar-refractivity contribution in [2.24, 2.45) is 11.8 Å². The van der Waals surface area contributed by atoms with E-state index in [4.69, 9.17) is 9.47 Å². The zero-order valence-electron chi connectivity index (χ0n) is 12.6. The van der Waals surface area contributed by atoms with Crippen LogP contribution in [0.4, 0.5) is 5.69 Å². The van der Waals surface area contributed by atoms with Gasteiger partial charge in [-0.3, -0.25) is 9.59 Å². The van der Waals surface area contributed by atoms with Crippen LogP contribution in [0.3, 0.4) is 0 Å². The molecule has 0 aliphatic carbocycles. The minimum absolute atomic E-state index is 0.0817. The molecule has 0 radical (unpaired) electrons. The van der Waals surface area contributed by atoms with E-state index in [2.05, 4.69) is 15.9 Å². The molecule has 1 aromatic rings. The summed E-state index contributed by atoms with van der Waals surface area (Å²) in [4.78, 5) is 27.0. The van der Waals surface area contributed by atoms with Crippen LogP contribution in [0.25, 0.3) is 0 Å². The zero-order valence-corrected chi connectivity index (χ0v) is 14.2. The lowest BCUT2D eigenvalue weighted by Gasteiger charge is -2.22. The second-order valence-corrected chi connectivity index (χ2v) is 6.88. The Morgan fingerprint density at radius 3 is 3.00 bits per heavy atom. The first-order valence-corrected chi connectivity index (χ1v) is 8.46. The van der Waals surface area contributed by atoms with E-state index < -0.39 is 17.4 Å². The highest BCUT2D eigenvalue weighted by atomic mass is 79.9. The molecule has 1 spiro atoms. The number of anilines is 1. The van der Waals surface area contributed by atoms with Gasteiger partial charge in [0.15, 0.2) is 0 Å². The lowest BCUT2D eigenvalue weighted by molar-refractivity contribution is -0.151. The van der Waals surface area contributed by atoms with Crippen molar-refractivity contribution in [1.82, 2.24) is 0 Å². The summed E-state index contributed by atoms with van der Waals surface area (Å²) in [5.41, 5.74) is 0.0818. The van der Waals surface area contributed by atoms with Gasteiger partial charge in [-0.25, -0.2) is 0 Å². The number of carbonyl (C=O) groups is 2. The molecule has 6 heteroatoms. The summed E-state index contributed by atoms with van der Waals surface area (Å²) in [7, 11) is 0. The maximum Gasteiger partial charge on any atom is 0.312 e. The fraction of sp³-hybridized carbons (Fsp3) is 0.412. The third-order valence-corrected chi connectivity index (χ3v) is 5.47. The maximum absolute atomic E-state index is 13.0. The summed E-state index contributed by atoms with van der Waals surface area (Å²) in [6.45, 7) is 2.48. The molecular formula is C17H16BrNO4. The lowest BCUT2D eigenvalue weighted by Crippen LogP contribution is -2.40. The normalized spacial score (nSPS) is 34.1. The molecule has 1 aromatic carbocycles. The van der Waals surface area contributed by atoms with Crippen molar-refractivity contribution >= 4 is 33.5 Å². The van der Waals surface area contributed by atoms with Crippen molar-refractivity contribution < 1.29 is 19.1 Å². The molecule has 0 saturated carbocycles. The van der Waals surface area contributed by atoms with Gasteiger partial charge in [-0.05, 0) is 35.0 Å². The van der Waals surface area contributed by atoms with Crippen LogP contribution in [0.5, 0.6) is 0 Å². The van der Waals surface area contributed by atoms with Crippen molar-refractivity contribution in [3.63, 3.8) is 0 Å². The first-order valence-electron chi connectivity index (χ1n) is 7.67. The summed E-state index contributed by atoms with van der Waals surface area (Å²) in [5.74, 6) is -1.50. The smallest absolute Gasteiger partial charge is 0.312 e. The Kier molecular flexibility index (Phi) is 3.35. The summed E-state index contributed by atoms with van der Waals surface area (Å²) in [5, 5.41) is 0. The van der Waals surface area contributed by atoms with E-state index >= 15 is 0 Å². The molecule has 4 atom stereocenters. The quantitative estimate of drug-likeness (QED) is 0.598. The number of nitrogens with zero attached hydrogens (tertiary/aromatic N) is 1. The number of para-hydroxylation sites is 1. The summed E-state index contributed by atoms with van der Waals surface area (Å²) < 4.78 is 12.0. The molecule has 4 rings (SSSR count). The van der Waals surface area contributed by atoms with Gasteiger partial charge in [-0.2, -0.15) is 0 Å². The van der Waals surface area contributed by atoms with Gasteiger partial charge >= 0.3 is 5.97 Å². The average molecular weight is 378 g/mol. The Hall–Kier alpha value is -1.66. The second kappa shape index (κ2) is 5.18. The Labute approximate surface area is 142 Å². The number of hydrogen-bond donors (Lipinski definition) is 0. The largest absolute Gasteiger partial charge is 0.466 e. The number of ether oxygens (including phenoxy) is 2. The fourth-order valence-electron chi connectivity index (χ4n) is 3.88. The van der Waals surface area contributed by atoms with Gasteiger partial charge in [0.2, 0.25) is 5.91 Å². The molecule has 120 valence electrons. The van der Waals surface area contributed by atoms with E-state index in [1.807, 2.05) is 36.4 Å². The molecule has 0 unspecified atom stereocenters. The van der Waals surface area contributed by atoms with Crippen LogP contribution in [0.1, 0.15) is 6.92 Å². The predicted octanol–water partition coefficient (Wildman–Crippen LogP) is 2.30. The van der Waals surface area contributed by atoms with Crippen molar-refractivity contribution in [1.29, 1.82) is 0 Å². The van der Waals surface area contributed by atoms with E-state index in [0.717, 1.165) is 10.2 Å². The molecule has 0 N–H and O–H groups in total. The number of rotatable bonds is 3. The Bertz CT molecular complexity index is 718. The van der Waals surface area contributed by atoms with Gasteiger partial charge in [-0.1, -0.05) is 24.3 Å². The molecule has 23 heavy (non-hydrogen) atoms. The van der Waals surface area contributed by atoms with Gasteiger partial charge in [0, 0.05) is 4.47 Å². The van der Waals surface area contributed by atoms with Crippen LogP contribution < -0.4 is 4.90 Å². The fourth-order valence-corrected chi connectivity index (χ4v) is 4.38. The van der Waals surface area contributed by atoms with Crippen molar-refractivity contribution in [2.75, 3.05) is 18.1 Å². The minimum Gasteiger partial charge on any atom is -0.466 e. The number of halogens is 1. The van der Waals surface area contributed by atoms with Crippen molar-refractivity contribution in [2.45, 2.75) is 18.6 Å². The van der Waals surface area contributed by atoms with Crippen molar-refractivity contribution in [3.8, 4) is 0 Å². The van der Waals surface area contributed by atoms with Crippen molar-refractivity contribution in [3.05, 3.63) is 40.9 Å². The van der Waals surface area contributed by atoms with Crippen LogP contribution in [0, 0.1) is 11.8 Å². The van der Waals surface area contributed by atoms with E-state index in [1.165, 1.54) is 0 Å². The number of carbonyl (C=O) groups excluding carboxylic acids is 2. The molecule has 3 aliphatic heterocycles. The number of amides is 1. The first-order chi connectivity index (χ1) is 11.1. The molecule has 3 heterocycles. The average Bonchev–Trinajstić information content (AvgIpc) is 3.16. The van der Waals surface area contributed by atoms with Gasteiger partial charge in [-0.15, -0.1) is 0 Å². The SMILES string of the molecule is CCOC(=O)[C@@H]1[C@@H]2C=C[C@]3(CN(c4ccccc4Br)C(=O)[C@H]13)O2. The second-order valence-electron chi connectivity index (χ2n) is 6.03. The highest BCUT2D eigenvalue weighted by Crippen LogP contribution is 2.53. The van der Waals surface area contributed by atoms with Crippen LogP contribution in [-0.2, 0) is 19.1 Å². The Morgan fingerprint density at radius 1 is 1.48 bits per heavy atom. The Balaban J connectivity index is 1.71. The Morgan fingerprint density at radius 2 is 2.26 bits per heavy atom. The summed E-state index contributed by atoms with van der Waals surface area (Å²) in [6, 6.07) is 7.56. The van der Waals surface area contributed by atoms with Crippen LogP contribution >= 0.6 is 15.9 Å². The number of fused-ring (bicyclic) bond motifs is 1. The van der Waals surface area contributed by atoms with Crippen LogP contribution in [0.2, 0.25) is 0 Å². The monoisotopic (exact) mass is 377 g/mol. The molecule has 2 saturated heterocycles. The van der Waals surface area contributed by atoms with E-state index in [1.54, 1.807) is 11.8 Å². The molecule has 1 amide bonds. The first kappa shape index (κ1) is 14.9. The lowest BCUT2D eigenvalue weighted by atomic mass is 9.77. The molecule has 2 bridgehead atoms. The summed E-state index contributed by atoms with van der Waals surface area (Å²) in [6.07, 6.45) is 3.46. The summed E-state index contributed by atoms with van der Waals surface area (Å²) >= 11 is 3.49. The highest BCUT2D eigenvalue weighted by Gasteiger charge is 2.67. The molecule has 3 aliphatic rings. The number of hydrogen-bond acceptors (Lipinski definition) is 4. The zero-order chi connectivity index (χ0) is 16.2. The maximum atomic E-state index is 13.0. The van der Waals surface area contributed by atoms with Gasteiger partial charge < -0.3 is 14.4 Å². The molecule has 2 fully saturated rings.